The average Bonchev–Trinajstić information content (AvgIpc) is 3.07. The molecule has 2 heterocycles. The van der Waals surface area contributed by atoms with Crippen LogP contribution in [-0.4, -0.2) is 43.8 Å². The van der Waals surface area contributed by atoms with Crippen molar-refractivity contribution in [2.75, 3.05) is 11.6 Å². The number of benzene rings is 2. The van der Waals surface area contributed by atoms with Crippen LogP contribution in [-0.2, 0) is 28.9 Å². The van der Waals surface area contributed by atoms with Crippen LogP contribution in [0.2, 0.25) is 0 Å². The molecule has 7 nitrogen and oxygen atoms in total. The predicted molar refractivity (Wildman–Crippen MR) is 126 cm³/mol. The normalized spacial score (nSPS) is 21.9. The van der Waals surface area contributed by atoms with Crippen LogP contribution >= 0.6 is 0 Å². The number of amides is 2. The highest BCUT2D eigenvalue weighted by molar-refractivity contribution is 7.88. The number of carbonyl (C=O) groups excluding carboxylic acids is 1. The predicted octanol–water partition coefficient (Wildman–Crippen LogP) is 5.38. The second kappa shape index (κ2) is 10.3. The van der Waals surface area contributed by atoms with Crippen LogP contribution in [0.15, 0.2) is 42.5 Å². The topological polar surface area (TPSA) is 87.7 Å². The van der Waals surface area contributed by atoms with E-state index < -0.39 is 45.6 Å². The maximum atomic E-state index is 13.7. The molecule has 2 saturated heterocycles. The fraction of sp³-hybridized carbons (Fsp3) is 0.458. The Labute approximate surface area is 215 Å². The lowest BCUT2D eigenvalue weighted by atomic mass is 9.99. The molecule has 0 aliphatic carbocycles. The summed E-state index contributed by atoms with van der Waals surface area (Å²) >= 11 is 0. The van der Waals surface area contributed by atoms with E-state index in [0.29, 0.717) is 12.8 Å². The summed E-state index contributed by atoms with van der Waals surface area (Å²) in [6.07, 6.45) is -7.12. The van der Waals surface area contributed by atoms with E-state index in [1.54, 1.807) is 4.90 Å². The van der Waals surface area contributed by atoms with Gasteiger partial charge in [-0.15, -0.1) is 0 Å². The standard InChI is InChI=1S/C24H25F6N3O4S/c1-38(35,36)31-13-14-2-9-21(20(10-14)24(28,29)30)37-19-11-17-7-8-18(12-19)33(17)22(34)32-16-5-3-15(4-6-16)23(25,26)27/h2-6,9-10,17-19,31H,7-8,11-13H2,1H3,(H,32,34). The van der Waals surface area contributed by atoms with Gasteiger partial charge in [0.1, 0.15) is 11.9 Å². The fourth-order valence-corrected chi connectivity index (χ4v) is 5.32. The molecule has 4 rings (SSSR count). The lowest BCUT2D eigenvalue weighted by Crippen LogP contribution is -2.50. The number of piperidine rings is 1. The first-order valence-corrected chi connectivity index (χ1v) is 13.6. The average molecular weight is 566 g/mol. The number of halogens is 6. The van der Waals surface area contributed by atoms with Crippen molar-refractivity contribution < 1.29 is 44.3 Å². The summed E-state index contributed by atoms with van der Waals surface area (Å²) < 4.78 is 110. The molecule has 0 aromatic heterocycles. The molecule has 0 saturated carbocycles. The van der Waals surface area contributed by atoms with Crippen LogP contribution in [0.1, 0.15) is 42.4 Å². The van der Waals surface area contributed by atoms with Gasteiger partial charge in [0.15, 0.2) is 0 Å². The van der Waals surface area contributed by atoms with E-state index in [-0.39, 0.29) is 48.5 Å². The van der Waals surface area contributed by atoms with Gasteiger partial charge in [0, 0.05) is 37.2 Å². The summed E-state index contributed by atoms with van der Waals surface area (Å²) in [7, 11) is -3.59. The number of ether oxygens (including phenoxy) is 1. The Kier molecular flexibility index (Phi) is 7.58. The number of hydrogen-bond donors (Lipinski definition) is 2. The lowest BCUT2D eigenvalue weighted by molar-refractivity contribution is -0.139. The van der Waals surface area contributed by atoms with Gasteiger partial charge >= 0.3 is 18.4 Å². The van der Waals surface area contributed by atoms with Crippen molar-refractivity contribution >= 4 is 21.7 Å². The van der Waals surface area contributed by atoms with Gasteiger partial charge in [-0.25, -0.2) is 17.9 Å². The minimum Gasteiger partial charge on any atom is -0.490 e. The second-order valence-electron chi connectivity index (χ2n) is 9.43. The van der Waals surface area contributed by atoms with Crippen LogP contribution in [0.25, 0.3) is 0 Å². The molecule has 2 aromatic carbocycles. The molecular formula is C24H25F6N3O4S. The Balaban J connectivity index is 1.42. The summed E-state index contributed by atoms with van der Waals surface area (Å²) in [4.78, 5) is 14.5. The van der Waals surface area contributed by atoms with Gasteiger partial charge in [0.05, 0.1) is 17.4 Å². The molecule has 0 radical (unpaired) electrons. The van der Waals surface area contributed by atoms with E-state index in [0.717, 1.165) is 42.7 Å². The van der Waals surface area contributed by atoms with E-state index in [4.69, 9.17) is 4.74 Å². The van der Waals surface area contributed by atoms with Crippen molar-refractivity contribution in [3.63, 3.8) is 0 Å². The second-order valence-corrected chi connectivity index (χ2v) is 11.3. The first kappa shape index (κ1) is 28.0. The number of urea groups is 1. The van der Waals surface area contributed by atoms with Crippen molar-refractivity contribution in [1.29, 1.82) is 0 Å². The zero-order valence-corrected chi connectivity index (χ0v) is 20.9. The number of anilines is 1. The molecule has 2 unspecified atom stereocenters. The van der Waals surface area contributed by atoms with Crippen molar-refractivity contribution in [2.45, 2.75) is 62.8 Å². The number of fused-ring (bicyclic) bond motifs is 2. The third kappa shape index (κ3) is 6.70. The Hall–Kier alpha value is -3.00. The largest absolute Gasteiger partial charge is 0.490 e. The molecule has 38 heavy (non-hydrogen) atoms. The number of alkyl halides is 6. The molecule has 2 N–H and O–H groups in total. The van der Waals surface area contributed by atoms with Gasteiger partial charge < -0.3 is 15.0 Å². The number of nitrogens with zero attached hydrogens (tertiary/aromatic N) is 1. The number of hydrogen-bond acceptors (Lipinski definition) is 4. The summed E-state index contributed by atoms with van der Waals surface area (Å²) in [5, 5.41) is 2.59. The van der Waals surface area contributed by atoms with Gasteiger partial charge in [-0.3, -0.25) is 0 Å². The van der Waals surface area contributed by atoms with Crippen LogP contribution in [0.3, 0.4) is 0 Å². The molecule has 2 fully saturated rings. The summed E-state index contributed by atoms with van der Waals surface area (Å²) in [6.45, 7) is -0.307. The minimum atomic E-state index is -4.74. The van der Waals surface area contributed by atoms with E-state index in [1.807, 2.05) is 0 Å². The number of sulfonamides is 1. The number of carbonyl (C=O) groups is 1. The zero-order valence-electron chi connectivity index (χ0n) is 20.1. The van der Waals surface area contributed by atoms with E-state index in [1.165, 1.54) is 6.07 Å². The minimum absolute atomic E-state index is 0.116. The van der Waals surface area contributed by atoms with Gasteiger partial charge in [-0.2, -0.15) is 26.3 Å². The first-order valence-electron chi connectivity index (χ1n) is 11.7. The fourth-order valence-electron chi connectivity index (χ4n) is 4.89. The number of rotatable bonds is 6. The van der Waals surface area contributed by atoms with Gasteiger partial charge in [0.25, 0.3) is 0 Å². The molecule has 2 aromatic rings. The molecule has 14 heteroatoms. The number of nitrogens with one attached hydrogen (secondary N) is 2. The Morgan fingerprint density at radius 2 is 1.58 bits per heavy atom. The van der Waals surface area contributed by atoms with Crippen molar-refractivity contribution in [3.8, 4) is 5.75 Å². The van der Waals surface area contributed by atoms with Crippen molar-refractivity contribution in [2.24, 2.45) is 0 Å². The SMILES string of the molecule is CS(=O)(=O)NCc1ccc(OC2CC3CCC(C2)N3C(=O)Nc2ccc(C(F)(F)F)cc2)c(C(F)(F)F)c1. The van der Waals surface area contributed by atoms with E-state index in [2.05, 4.69) is 10.0 Å². The van der Waals surface area contributed by atoms with Gasteiger partial charge in [-0.1, -0.05) is 6.07 Å². The first-order chi connectivity index (χ1) is 17.6. The molecule has 2 amide bonds. The highest BCUT2D eigenvalue weighted by atomic mass is 32.2. The zero-order chi connectivity index (χ0) is 27.9. The van der Waals surface area contributed by atoms with Crippen molar-refractivity contribution in [1.82, 2.24) is 9.62 Å². The maximum Gasteiger partial charge on any atom is 0.419 e. The van der Waals surface area contributed by atoms with E-state index >= 15 is 0 Å². The summed E-state index contributed by atoms with van der Waals surface area (Å²) in [5.41, 5.74) is -1.56. The lowest BCUT2D eigenvalue weighted by Gasteiger charge is -2.39. The van der Waals surface area contributed by atoms with Crippen LogP contribution in [0.4, 0.5) is 36.8 Å². The molecule has 0 spiro atoms. The molecular weight excluding hydrogens is 540 g/mol. The van der Waals surface area contributed by atoms with E-state index in [9.17, 15) is 39.6 Å². The Bertz CT molecular complexity index is 1270. The van der Waals surface area contributed by atoms with Crippen molar-refractivity contribution in [3.05, 3.63) is 59.2 Å². The van der Waals surface area contributed by atoms with Crippen LogP contribution < -0.4 is 14.8 Å². The maximum absolute atomic E-state index is 13.7. The third-order valence-corrected chi connectivity index (χ3v) is 7.24. The molecule has 2 atom stereocenters. The summed E-state index contributed by atoms with van der Waals surface area (Å²) in [5.74, 6) is -0.382. The monoisotopic (exact) mass is 565 g/mol. The quantitative estimate of drug-likeness (QED) is 0.461. The highest BCUT2D eigenvalue weighted by Crippen LogP contribution is 2.41. The van der Waals surface area contributed by atoms with Crippen LogP contribution in [0.5, 0.6) is 5.75 Å². The van der Waals surface area contributed by atoms with Gasteiger partial charge in [-0.05, 0) is 54.8 Å². The summed E-state index contributed by atoms with van der Waals surface area (Å²) in [6, 6.07) is 6.30. The highest BCUT2D eigenvalue weighted by Gasteiger charge is 2.45. The van der Waals surface area contributed by atoms with Crippen LogP contribution in [0, 0.1) is 0 Å². The Morgan fingerprint density at radius 1 is 0.974 bits per heavy atom. The molecule has 2 aliphatic rings. The molecule has 2 bridgehead atoms. The molecule has 2 aliphatic heterocycles. The molecule has 208 valence electrons. The Morgan fingerprint density at radius 3 is 2.11 bits per heavy atom. The third-order valence-electron chi connectivity index (χ3n) is 6.57. The smallest absolute Gasteiger partial charge is 0.419 e. The van der Waals surface area contributed by atoms with Gasteiger partial charge in [0.2, 0.25) is 10.0 Å².